The second kappa shape index (κ2) is 6.36. The van der Waals surface area contributed by atoms with E-state index in [0.717, 1.165) is 16.8 Å². The van der Waals surface area contributed by atoms with E-state index in [0.29, 0.717) is 19.0 Å². The highest BCUT2D eigenvalue weighted by molar-refractivity contribution is 5.94. The average Bonchev–Trinajstić information content (AvgIpc) is 2.95. The van der Waals surface area contributed by atoms with E-state index in [1.165, 1.54) is 0 Å². The number of nitrogens with zero attached hydrogens (tertiary/aromatic N) is 3. The SMILES string of the molecule is COCCNC(=O)c1nc(-c2cccnc2)c2ccccn12. The molecule has 0 spiro atoms. The molecule has 0 bridgehead atoms. The van der Waals surface area contributed by atoms with E-state index in [1.807, 2.05) is 36.5 Å². The monoisotopic (exact) mass is 296 g/mol. The van der Waals surface area contributed by atoms with Gasteiger partial charge in [0.05, 0.1) is 17.8 Å². The van der Waals surface area contributed by atoms with Crippen LogP contribution >= 0.6 is 0 Å². The van der Waals surface area contributed by atoms with Gasteiger partial charge < -0.3 is 10.1 Å². The van der Waals surface area contributed by atoms with Crippen molar-refractivity contribution in [2.75, 3.05) is 20.3 Å². The van der Waals surface area contributed by atoms with Gasteiger partial charge in [-0.3, -0.25) is 14.2 Å². The second-order valence-electron chi connectivity index (χ2n) is 4.73. The van der Waals surface area contributed by atoms with Crippen LogP contribution in [0.5, 0.6) is 0 Å². The third kappa shape index (κ3) is 2.68. The van der Waals surface area contributed by atoms with E-state index in [4.69, 9.17) is 4.74 Å². The van der Waals surface area contributed by atoms with Crippen LogP contribution < -0.4 is 5.32 Å². The Bertz CT molecular complexity index is 783. The Hall–Kier alpha value is -2.73. The molecule has 0 radical (unpaired) electrons. The van der Waals surface area contributed by atoms with Crippen molar-refractivity contribution in [2.24, 2.45) is 0 Å². The number of fused-ring (bicyclic) bond motifs is 1. The van der Waals surface area contributed by atoms with Crippen molar-refractivity contribution in [1.82, 2.24) is 19.7 Å². The first-order chi connectivity index (χ1) is 10.8. The number of pyridine rings is 2. The van der Waals surface area contributed by atoms with Crippen LogP contribution in [-0.2, 0) is 4.74 Å². The molecular formula is C16H16N4O2. The van der Waals surface area contributed by atoms with E-state index in [-0.39, 0.29) is 5.91 Å². The van der Waals surface area contributed by atoms with Gasteiger partial charge in [-0.15, -0.1) is 0 Å². The highest BCUT2D eigenvalue weighted by Crippen LogP contribution is 2.23. The van der Waals surface area contributed by atoms with Crippen molar-refractivity contribution < 1.29 is 9.53 Å². The molecule has 0 aliphatic rings. The molecule has 112 valence electrons. The van der Waals surface area contributed by atoms with Crippen molar-refractivity contribution >= 4 is 11.4 Å². The molecule has 22 heavy (non-hydrogen) atoms. The summed E-state index contributed by atoms with van der Waals surface area (Å²) in [6, 6.07) is 9.50. The fourth-order valence-corrected chi connectivity index (χ4v) is 2.26. The first-order valence-corrected chi connectivity index (χ1v) is 6.96. The molecular weight excluding hydrogens is 280 g/mol. The Morgan fingerprint density at radius 3 is 3.00 bits per heavy atom. The number of nitrogens with one attached hydrogen (secondary N) is 1. The lowest BCUT2D eigenvalue weighted by atomic mass is 10.2. The van der Waals surface area contributed by atoms with Crippen LogP contribution in [-0.4, -0.2) is 40.5 Å². The van der Waals surface area contributed by atoms with Crippen LogP contribution in [0.4, 0.5) is 0 Å². The lowest BCUT2D eigenvalue weighted by Gasteiger charge is -2.03. The van der Waals surface area contributed by atoms with E-state index in [1.54, 1.807) is 23.9 Å². The largest absolute Gasteiger partial charge is 0.383 e. The van der Waals surface area contributed by atoms with Gasteiger partial charge in [0.15, 0.2) is 0 Å². The van der Waals surface area contributed by atoms with E-state index in [2.05, 4.69) is 15.3 Å². The van der Waals surface area contributed by atoms with Crippen molar-refractivity contribution in [3.05, 3.63) is 54.7 Å². The smallest absolute Gasteiger partial charge is 0.287 e. The lowest BCUT2D eigenvalue weighted by Crippen LogP contribution is -2.28. The van der Waals surface area contributed by atoms with Crippen LogP contribution in [0.15, 0.2) is 48.9 Å². The fourth-order valence-electron chi connectivity index (χ4n) is 2.26. The van der Waals surface area contributed by atoms with E-state index in [9.17, 15) is 4.79 Å². The van der Waals surface area contributed by atoms with Gasteiger partial charge in [0.1, 0.15) is 0 Å². The van der Waals surface area contributed by atoms with Crippen molar-refractivity contribution in [3.63, 3.8) is 0 Å². The number of carbonyl (C=O) groups excluding carboxylic acids is 1. The number of aromatic nitrogens is 3. The zero-order valence-electron chi connectivity index (χ0n) is 12.2. The minimum absolute atomic E-state index is 0.228. The number of amides is 1. The van der Waals surface area contributed by atoms with Crippen molar-refractivity contribution in [2.45, 2.75) is 0 Å². The highest BCUT2D eigenvalue weighted by Gasteiger charge is 2.17. The van der Waals surface area contributed by atoms with Crippen LogP contribution in [0, 0.1) is 0 Å². The number of carbonyl (C=O) groups is 1. The molecule has 0 unspecified atom stereocenters. The highest BCUT2D eigenvalue weighted by atomic mass is 16.5. The Morgan fingerprint density at radius 1 is 1.32 bits per heavy atom. The number of rotatable bonds is 5. The standard InChI is InChI=1S/C16H16N4O2/c1-22-10-8-18-16(21)15-19-14(12-5-4-7-17-11-12)13-6-2-3-9-20(13)15/h2-7,9,11H,8,10H2,1H3,(H,18,21). The number of methoxy groups -OCH3 is 1. The first kappa shape index (κ1) is 14.2. The molecule has 6 heteroatoms. The maximum Gasteiger partial charge on any atom is 0.287 e. The zero-order chi connectivity index (χ0) is 15.4. The summed E-state index contributed by atoms with van der Waals surface area (Å²) in [4.78, 5) is 20.9. The van der Waals surface area contributed by atoms with Gasteiger partial charge >= 0.3 is 0 Å². The molecule has 0 atom stereocenters. The third-order valence-corrected chi connectivity index (χ3v) is 3.28. The third-order valence-electron chi connectivity index (χ3n) is 3.28. The summed E-state index contributed by atoms with van der Waals surface area (Å²) in [6.45, 7) is 0.907. The molecule has 0 aromatic carbocycles. The summed E-state index contributed by atoms with van der Waals surface area (Å²) in [5.74, 6) is 0.124. The predicted molar refractivity (Wildman–Crippen MR) is 82.6 cm³/mol. The second-order valence-corrected chi connectivity index (χ2v) is 4.73. The first-order valence-electron chi connectivity index (χ1n) is 6.96. The number of hydrogen-bond acceptors (Lipinski definition) is 4. The van der Waals surface area contributed by atoms with Crippen molar-refractivity contribution in [1.29, 1.82) is 0 Å². The van der Waals surface area contributed by atoms with Crippen LogP contribution in [0.1, 0.15) is 10.6 Å². The Morgan fingerprint density at radius 2 is 2.23 bits per heavy atom. The van der Waals surface area contributed by atoms with Crippen molar-refractivity contribution in [3.8, 4) is 11.3 Å². The van der Waals surface area contributed by atoms with Crippen LogP contribution in [0.3, 0.4) is 0 Å². The molecule has 0 saturated heterocycles. The molecule has 0 aliphatic heterocycles. The zero-order valence-corrected chi connectivity index (χ0v) is 12.2. The molecule has 0 aliphatic carbocycles. The predicted octanol–water partition coefficient (Wildman–Crippen LogP) is 1.77. The lowest BCUT2D eigenvalue weighted by molar-refractivity contribution is 0.0926. The van der Waals surface area contributed by atoms with E-state index < -0.39 is 0 Å². The minimum Gasteiger partial charge on any atom is -0.383 e. The molecule has 3 rings (SSSR count). The Balaban J connectivity index is 2.03. The molecule has 0 saturated carbocycles. The van der Waals surface area contributed by atoms with Gasteiger partial charge in [0.25, 0.3) is 5.91 Å². The molecule has 6 nitrogen and oxygen atoms in total. The van der Waals surface area contributed by atoms with E-state index >= 15 is 0 Å². The van der Waals surface area contributed by atoms with Gasteiger partial charge in [-0.2, -0.15) is 0 Å². The Kier molecular flexibility index (Phi) is 4.11. The number of ether oxygens (including phenoxy) is 1. The molecule has 1 amide bonds. The summed E-state index contributed by atoms with van der Waals surface area (Å²) in [6.07, 6.45) is 5.27. The number of imidazole rings is 1. The molecule has 3 heterocycles. The molecule has 3 aromatic heterocycles. The average molecular weight is 296 g/mol. The Labute approximate surface area is 127 Å². The number of hydrogen-bond donors (Lipinski definition) is 1. The van der Waals surface area contributed by atoms with Crippen LogP contribution in [0.2, 0.25) is 0 Å². The summed E-state index contributed by atoms with van der Waals surface area (Å²) < 4.78 is 6.72. The maximum atomic E-state index is 12.3. The summed E-state index contributed by atoms with van der Waals surface area (Å²) >= 11 is 0. The molecule has 0 fully saturated rings. The molecule has 1 N–H and O–H groups in total. The van der Waals surface area contributed by atoms with Crippen LogP contribution in [0.25, 0.3) is 16.8 Å². The summed E-state index contributed by atoms with van der Waals surface area (Å²) in [5, 5.41) is 2.79. The normalized spacial score (nSPS) is 10.8. The van der Waals surface area contributed by atoms with Gasteiger partial charge in [-0.25, -0.2) is 4.98 Å². The summed E-state index contributed by atoms with van der Waals surface area (Å²) in [7, 11) is 1.59. The molecule has 3 aromatic rings. The minimum atomic E-state index is -0.228. The van der Waals surface area contributed by atoms with Gasteiger partial charge in [-0.05, 0) is 24.3 Å². The van der Waals surface area contributed by atoms with Gasteiger partial charge in [-0.1, -0.05) is 6.07 Å². The van der Waals surface area contributed by atoms with Gasteiger partial charge in [0.2, 0.25) is 5.82 Å². The topological polar surface area (TPSA) is 68.5 Å². The maximum absolute atomic E-state index is 12.3. The van der Waals surface area contributed by atoms with Gasteiger partial charge in [0, 0.05) is 37.8 Å². The quantitative estimate of drug-likeness (QED) is 0.729. The fraction of sp³-hybridized carbons (Fsp3) is 0.188. The summed E-state index contributed by atoms with van der Waals surface area (Å²) in [5.41, 5.74) is 2.49.